The first-order chi connectivity index (χ1) is 14.4. The summed E-state index contributed by atoms with van der Waals surface area (Å²) in [6, 6.07) is 13.3. The van der Waals surface area contributed by atoms with Crippen molar-refractivity contribution >= 4 is 29.6 Å². The van der Waals surface area contributed by atoms with Crippen LogP contribution in [0.4, 0.5) is 0 Å². The van der Waals surface area contributed by atoms with Gasteiger partial charge >= 0.3 is 0 Å². The van der Waals surface area contributed by atoms with Crippen molar-refractivity contribution in [2.75, 3.05) is 6.61 Å². The Bertz CT molecular complexity index is 884. The summed E-state index contributed by atoms with van der Waals surface area (Å²) in [7, 11) is 0. The van der Waals surface area contributed by atoms with Gasteiger partial charge in [-0.05, 0) is 48.2 Å². The zero-order chi connectivity index (χ0) is 21.9. The van der Waals surface area contributed by atoms with Crippen molar-refractivity contribution in [2.24, 2.45) is 11.0 Å². The van der Waals surface area contributed by atoms with Gasteiger partial charge in [-0.2, -0.15) is 5.10 Å². The van der Waals surface area contributed by atoms with Crippen LogP contribution in [0.15, 0.2) is 53.6 Å². The van der Waals surface area contributed by atoms with Crippen LogP contribution < -0.4 is 15.5 Å². The number of halogens is 1. The normalized spacial score (nSPS) is 12.0. The van der Waals surface area contributed by atoms with Crippen LogP contribution in [0, 0.1) is 5.92 Å². The molecule has 6 nitrogen and oxygen atoms in total. The van der Waals surface area contributed by atoms with E-state index in [-0.39, 0.29) is 11.8 Å². The van der Waals surface area contributed by atoms with Crippen molar-refractivity contribution < 1.29 is 14.3 Å². The molecule has 1 atom stereocenters. The molecule has 0 aromatic heterocycles. The lowest BCUT2D eigenvalue weighted by Gasteiger charge is -2.20. The molecule has 2 N–H and O–H groups in total. The lowest BCUT2D eigenvalue weighted by Crippen LogP contribution is -2.48. The van der Waals surface area contributed by atoms with E-state index in [9.17, 15) is 9.59 Å². The standard InChI is InChI=1S/C23H28ClN3O3/c1-4-5-12-30-20-11-6-8-17(13-20)15-25-27-23(29)21(16(2)3)26-22(28)18-9-7-10-19(24)14-18/h6-11,13-16,21H,4-5,12H2,1-3H3,(H,26,28)(H,27,29). The van der Waals surface area contributed by atoms with Crippen LogP contribution in [0.25, 0.3) is 0 Å². The maximum atomic E-state index is 12.6. The van der Waals surface area contributed by atoms with E-state index in [0.29, 0.717) is 17.2 Å². The lowest BCUT2D eigenvalue weighted by molar-refractivity contribution is -0.123. The van der Waals surface area contributed by atoms with E-state index < -0.39 is 11.9 Å². The number of hydrogen-bond donors (Lipinski definition) is 2. The summed E-state index contributed by atoms with van der Waals surface area (Å²) >= 11 is 5.94. The number of rotatable bonds is 10. The number of nitrogens with zero attached hydrogens (tertiary/aromatic N) is 1. The van der Waals surface area contributed by atoms with E-state index in [0.717, 1.165) is 24.2 Å². The van der Waals surface area contributed by atoms with Gasteiger partial charge in [0, 0.05) is 10.6 Å². The SMILES string of the molecule is CCCCOc1cccc(C=NNC(=O)C(NC(=O)c2cccc(Cl)c2)C(C)C)c1. The summed E-state index contributed by atoms with van der Waals surface area (Å²) in [5.41, 5.74) is 3.69. The second-order valence-electron chi connectivity index (χ2n) is 7.21. The van der Waals surface area contributed by atoms with Gasteiger partial charge in [-0.3, -0.25) is 9.59 Å². The molecule has 0 aliphatic heterocycles. The fourth-order valence-electron chi connectivity index (χ4n) is 2.65. The molecule has 2 rings (SSSR count). The lowest BCUT2D eigenvalue weighted by atomic mass is 10.0. The molecule has 0 radical (unpaired) electrons. The van der Waals surface area contributed by atoms with Crippen molar-refractivity contribution in [3.8, 4) is 5.75 Å². The van der Waals surface area contributed by atoms with E-state index in [1.807, 2.05) is 38.1 Å². The minimum Gasteiger partial charge on any atom is -0.494 e. The molecule has 2 aromatic rings. The summed E-state index contributed by atoms with van der Waals surface area (Å²) in [5, 5.41) is 7.22. The monoisotopic (exact) mass is 429 g/mol. The minimum absolute atomic E-state index is 0.126. The Morgan fingerprint density at radius 1 is 1.17 bits per heavy atom. The summed E-state index contributed by atoms with van der Waals surface area (Å²) in [6.45, 7) is 6.47. The zero-order valence-corrected chi connectivity index (χ0v) is 18.3. The highest BCUT2D eigenvalue weighted by Gasteiger charge is 2.24. The first-order valence-corrected chi connectivity index (χ1v) is 10.4. The molecule has 0 saturated carbocycles. The maximum absolute atomic E-state index is 12.6. The van der Waals surface area contributed by atoms with Gasteiger partial charge in [0.1, 0.15) is 11.8 Å². The average Bonchev–Trinajstić information content (AvgIpc) is 2.72. The minimum atomic E-state index is -0.739. The van der Waals surface area contributed by atoms with Crippen molar-refractivity contribution in [2.45, 2.75) is 39.7 Å². The van der Waals surface area contributed by atoms with E-state index >= 15 is 0 Å². The molecule has 0 spiro atoms. The third-order valence-electron chi connectivity index (χ3n) is 4.34. The predicted octanol–water partition coefficient (Wildman–Crippen LogP) is 4.42. The number of amides is 2. The number of carbonyl (C=O) groups excluding carboxylic acids is 2. The molecule has 0 aliphatic carbocycles. The molecule has 0 heterocycles. The molecule has 2 amide bonds. The largest absolute Gasteiger partial charge is 0.494 e. The average molecular weight is 430 g/mol. The number of nitrogens with one attached hydrogen (secondary N) is 2. The van der Waals surface area contributed by atoms with Gasteiger partial charge < -0.3 is 10.1 Å². The van der Waals surface area contributed by atoms with Crippen molar-refractivity contribution in [1.29, 1.82) is 0 Å². The molecule has 0 aliphatic rings. The maximum Gasteiger partial charge on any atom is 0.262 e. The molecular weight excluding hydrogens is 402 g/mol. The van der Waals surface area contributed by atoms with E-state index in [4.69, 9.17) is 16.3 Å². The Labute approximate surface area is 182 Å². The summed E-state index contributed by atoms with van der Waals surface area (Å²) in [5.74, 6) is -0.134. The highest BCUT2D eigenvalue weighted by atomic mass is 35.5. The molecule has 7 heteroatoms. The van der Waals surface area contributed by atoms with Crippen molar-refractivity contribution in [3.63, 3.8) is 0 Å². The number of ether oxygens (including phenoxy) is 1. The Kier molecular flexibility index (Phi) is 9.35. The Morgan fingerprint density at radius 2 is 1.93 bits per heavy atom. The number of hydrazone groups is 1. The fourth-order valence-corrected chi connectivity index (χ4v) is 2.84. The molecule has 160 valence electrons. The zero-order valence-electron chi connectivity index (χ0n) is 17.5. The third-order valence-corrected chi connectivity index (χ3v) is 4.57. The molecule has 0 bridgehead atoms. The summed E-state index contributed by atoms with van der Waals surface area (Å²) < 4.78 is 5.67. The highest BCUT2D eigenvalue weighted by molar-refractivity contribution is 6.31. The van der Waals surface area contributed by atoms with E-state index in [2.05, 4.69) is 22.8 Å². The summed E-state index contributed by atoms with van der Waals surface area (Å²) in [6.07, 6.45) is 3.60. The Balaban J connectivity index is 1.96. The van der Waals surface area contributed by atoms with Crippen molar-refractivity contribution in [1.82, 2.24) is 10.7 Å². The molecule has 30 heavy (non-hydrogen) atoms. The van der Waals surface area contributed by atoms with Gasteiger partial charge in [0.2, 0.25) is 0 Å². The van der Waals surface area contributed by atoms with Gasteiger partial charge in [0.25, 0.3) is 11.8 Å². The van der Waals surface area contributed by atoms with Gasteiger partial charge in [-0.15, -0.1) is 0 Å². The van der Waals surface area contributed by atoms with Gasteiger partial charge in [0.05, 0.1) is 12.8 Å². The number of benzene rings is 2. The predicted molar refractivity (Wildman–Crippen MR) is 120 cm³/mol. The van der Waals surface area contributed by atoms with E-state index in [1.54, 1.807) is 30.5 Å². The molecular formula is C23H28ClN3O3. The Morgan fingerprint density at radius 3 is 2.63 bits per heavy atom. The second kappa shape index (κ2) is 12.0. The summed E-state index contributed by atoms with van der Waals surface area (Å²) in [4.78, 5) is 25.0. The molecule has 0 fully saturated rings. The van der Waals surface area contributed by atoms with Crippen LogP contribution in [0.1, 0.15) is 49.5 Å². The Hall–Kier alpha value is -2.86. The molecule has 2 aromatic carbocycles. The number of carbonyl (C=O) groups is 2. The molecule has 1 unspecified atom stereocenters. The fraction of sp³-hybridized carbons (Fsp3) is 0.348. The third kappa shape index (κ3) is 7.52. The van der Waals surface area contributed by atoms with Gasteiger partial charge in [-0.25, -0.2) is 5.43 Å². The number of hydrogen-bond acceptors (Lipinski definition) is 4. The first kappa shape index (κ1) is 23.4. The first-order valence-electron chi connectivity index (χ1n) is 10.0. The topological polar surface area (TPSA) is 79.8 Å². The van der Waals surface area contributed by atoms with E-state index in [1.165, 1.54) is 0 Å². The van der Waals surface area contributed by atoms with Crippen LogP contribution in [0.2, 0.25) is 5.02 Å². The smallest absolute Gasteiger partial charge is 0.262 e. The second-order valence-corrected chi connectivity index (χ2v) is 7.65. The molecule has 0 saturated heterocycles. The van der Waals surface area contributed by atoms with Gasteiger partial charge in [0.15, 0.2) is 0 Å². The van der Waals surface area contributed by atoms with Crippen LogP contribution in [-0.4, -0.2) is 30.7 Å². The van der Waals surface area contributed by atoms with Crippen molar-refractivity contribution in [3.05, 3.63) is 64.7 Å². The quantitative estimate of drug-likeness (QED) is 0.333. The van der Waals surface area contributed by atoms with Crippen LogP contribution in [-0.2, 0) is 4.79 Å². The highest BCUT2D eigenvalue weighted by Crippen LogP contribution is 2.13. The van der Waals surface area contributed by atoms with Gasteiger partial charge in [-0.1, -0.05) is 57.0 Å². The van der Waals surface area contributed by atoms with Crippen LogP contribution in [0.5, 0.6) is 5.75 Å². The van der Waals surface area contributed by atoms with Crippen LogP contribution in [0.3, 0.4) is 0 Å². The van der Waals surface area contributed by atoms with Crippen LogP contribution >= 0.6 is 11.6 Å². The number of unbranched alkanes of at least 4 members (excludes halogenated alkanes) is 1.